The van der Waals surface area contributed by atoms with Gasteiger partial charge in [-0.05, 0) is 17.7 Å². The Hall–Kier alpha value is -1.14. The van der Waals surface area contributed by atoms with Crippen molar-refractivity contribution in [2.24, 2.45) is 5.73 Å². The zero-order valence-corrected chi connectivity index (χ0v) is 8.30. The minimum atomic E-state index is -4.36. The maximum Gasteiger partial charge on any atom is 0.411 e. The van der Waals surface area contributed by atoms with Crippen molar-refractivity contribution in [3.63, 3.8) is 0 Å². The van der Waals surface area contributed by atoms with E-state index in [0.717, 1.165) is 0 Å². The van der Waals surface area contributed by atoms with Crippen LogP contribution in [0, 0.1) is 5.82 Å². The second-order valence-electron chi connectivity index (χ2n) is 3.29. The number of nitrogens with two attached hydrogens (primary N) is 1. The molecule has 0 amide bonds. The van der Waals surface area contributed by atoms with Crippen molar-refractivity contribution in [1.29, 1.82) is 0 Å². The summed E-state index contributed by atoms with van der Waals surface area (Å²) in [4.78, 5) is 0. The molecule has 6 heteroatoms. The molecule has 1 unspecified atom stereocenters. The highest BCUT2D eigenvalue weighted by molar-refractivity contribution is 5.19. The number of benzene rings is 1. The van der Waals surface area contributed by atoms with Gasteiger partial charge in [-0.3, -0.25) is 0 Å². The molecule has 1 rings (SSSR count). The second-order valence-corrected chi connectivity index (χ2v) is 3.29. The van der Waals surface area contributed by atoms with Crippen LogP contribution in [0.5, 0.6) is 0 Å². The molecule has 0 radical (unpaired) electrons. The maximum atomic E-state index is 12.5. The van der Waals surface area contributed by atoms with Crippen molar-refractivity contribution in [3.05, 3.63) is 35.6 Å². The van der Waals surface area contributed by atoms with Crippen LogP contribution in [-0.2, 0) is 4.74 Å². The van der Waals surface area contributed by atoms with Gasteiger partial charge < -0.3 is 10.5 Å². The van der Waals surface area contributed by atoms with Gasteiger partial charge in [0.05, 0.1) is 12.6 Å². The first-order chi connectivity index (χ1) is 7.38. The molecule has 90 valence electrons. The molecular weight excluding hydrogens is 226 g/mol. The van der Waals surface area contributed by atoms with E-state index in [-0.39, 0.29) is 6.61 Å². The summed E-state index contributed by atoms with van der Waals surface area (Å²) >= 11 is 0. The summed E-state index contributed by atoms with van der Waals surface area (Å²) in [5, 5.41) is 0. The van der Waals surface area contributed by atoms with Crippen molar-refractivity contribution >= 4 is 0 Å². The lowest BCUT2D eigenvalue weighted by Gasteiger charge is -2.13. The van der Waals surface area contributed by atoms with Crippen molar-refractivity contribution in [1.82, 2.24) is 0 Å². The summed E-state index contributed by atoms with van der Waals surface area (Å²) < 4.78 is 52.2. The largest absolute Gasteiger partial charge is 0.411 e. The SMILES string of the molecule is NC(COCC(F)(F)F)c1ccc(F)cc1. The molecule has 1 aromatic rings. The summed E-state index contributed by atoms with van der Waals surface area (Å²) in [6.07, 6.45) is -4.36. The van der Waals surface area contributed by atoms with Crippen LogP contribution in [0.2, 0.25) is 0 Å². The molecule has 0 aliphatic carbocycles. The molecule has 2 nitrogen and oxygen atoms in total. The third-order valence-electron chi connectivity index (χ3n) is 1.86. The lowest BCUT2D eigenvalue weighted by atomic mass is 10.1. The van der Waals surface area contributed by atoms with Crippen LogP contribution in [0.1, 0.15) is 11.6 Å². The van der Waals surface area contributed by atoms with E-state index in [1.165, 1.54) is 24.3 Å². The first-order valence-corrected chi connectivity index (χ1v) is 4.54. The van der Waals surface area contributed by atoms with Gasteiger partial charge in [0.1, 0.15) is 12.4 Å². The third kappa shape index (κ3) is 4.59. The molecule has 0 bridgehead atoms. The second kappa shape index (κ2) is 5.27. The van der Waals surface area contributed by atoms with Gasteiger partial charge in [-0.1, -0.05) is 12.1 Å². The fourth-order valence-electron chi connectivity index (χ4n) is 1.11. The van der Waals surface area contributed by atoms with E-state index < -0.39 is 24.6 Å². The van der Waals surface area contributed by atoms with Crippen molar-refractivity contribution in [2.45, 2.75) is 12.2 Å². The molecule has 1 atom stereocenters. The van der Waals surface area contributed by atoms with Crippen LogP contribution >= 0.6 is 0 Å². The highest BCUT2D eigenvalue weighted by atomic mass is 19.4. The van der Waals surface area contributed by atoms with Crippen LogP contribution < -0.4 is 5.73 Å². The molecule has 0 heterocycles. The Morgan fingerprint density at radius 3 is 2.25 bits per heavy atom. The van der Waals surface area contributed by atoms with E-state index in [9.17, 15) is 17.6 Å². The Morgan fingerprint density at radius 1 is 1.19 bits per heavy atom. The number of ether oxygens (including phenoxy) is 1. The van der Waals surface area contributed by atoms with E-state index in [0.29, 0.717) is 5.56 Å². The molecular formula is C10H11F4NO. The van der Waals surface area contributed by atoms with Gasteiger partial charge in [-0.15, -0.1) is 0 Å². The third-order valence-corrected chi connectivity index (χ3v) is 1.86. The van der Waals surface area contributed by atoms with Crippen LogP contribution in [0.25, 0.3) is 0 Å². The van der Waals surface area contributed by atoms with Gasteiger partial charge in [-0.25, -0.2) is 4.39 Å². The Morgan fingerprint density at radius 2 is 1.75 bits per heavy atom. The van der Waals surface area contributed by atoms with Gasteiger partial charge in [0, 0.05) is 0 Å². The van der Waals surface area contributed by atoms with Crippen molar-refractivity contribution < 1.29 is 22.3 Å². The summed E-state index contributed by atoms with van der Waals surface area (Å²) in [7, 11) is 0. The van der Waals surface area contributed by atoms with E-state index in [2.05, 4.69) is 4.74 Å². The number of rotatable bonds is 4. The first-order valence-electron chi connectivity index (χ1n) is 4.54. The standard InChI is InChI=1S/C10H11F4NO/c11-8-3-1-7(2-4-8)9(15)5-16-6-10(12,13)14/h1-4,9H,5-6,15H2. The topological polar surface area (TPSA) is 35.2 Å². The zero-order chi connectivity index (χ0) is 12.2. The first kappa shape index (κ1) is 12.9. The molecule has 0 aromatic heterocycles. The highest BCUT2D eigenvalue weighted by Crippen LogP contribution is 2.16. The fraction of sp³-hybridized carbons (Fsp3) is 0.400. The fourth-order valence-corrected chi connectivity index (χ4v) is 1.11. The lowest BCUT2D eigenvalue weighted by Crippen LogP contribution is -2.23. The molecule has 0 aliphatic heterocycles. The number of alkyl halides is 3. The highest BCUT2D eigenvalue weighted by Gasteiger charge is 2.27. The number of halogens is 4. The van der Waals surface area contributed by atoms with Crippen molar-refractivity contribution in [2.75, 3.05) is 13.2 Å². The summed E-state index contributed by atoms with van der Waals surface area (Å²) in [6, 6.07) is 4.52. The smallest absolute Gasteiger partial charge is 0.370 e. The number of hydrogen-bond donors (Lipinski definition) is 1. The Bertz CT molecular complexity index is 323. The van der Waals surface area contributed by atoms with E-state index >= 15 is 0 Å². The van der Waals surface area contributed by atoms with Gasteiger partial charge in [0.15, 0.2) is 0 Å². The maximum absolute atomic E-state index is 12.5. The van der Waals surface area contributed by atoms with E-state index in [1.807, 2.05) is 0 Å². The van der Waals surface area contributed by atoms with Gasteiger partial charge in [-0.2, -0.15) is 13.2 Å². The molecule has 2 N–H and O–H groups in total. The zero-order valence-electron chi connectivity index (χ0n) is 8.30. The predicted molar refractivity (Wildman–Crippen MR) is 50.2 cm³/mol. The summed E-state index contributed by atoms with van der Waals surface area (Å²) in [5.74, 6) is -0.424. The predicted octanol–water partition coefficient (Wildman–Crippen LogP) is 2.40. The normalized spacial score (nSPS) is 13.8. The van der Waals surface area contributed by atoms with E-state index in [1.54, 1.807) is 0 Å². The molecule has 0 aliphatic rings. The van der Waals surface area contributed by atoms with E-state index in [4.69, 9.17) is 5.73 Å². The molecule has 0 spiro atoms. The Labute approximate surface area is 90.0 Å². The van der Waals surface area contributed by atoms with Gasteiger partial charge in [0.2, 0.25) is 0 Å². The van der Waals surface area contributed by atoms with Crippen LogP contribution in [0.3, 0.4) is 0 Å². The lowest BCUT2D eigenvalue weighted by molar-refractivity contribution is -0.174. The van der Waals surface area contributed by atoms with Crippen LogP contribution in [0.15, 0.2) is 24.3 Å². The monoisotopic (exact) mass is 237 g/mol. The average molecular weight is 237 g/mol. The molecule has 16 heavy (non-hydrogen) atoms. The van der Waals surface area contributed by atoms with Crippen molar-refractivity contribution in [3.8, 4) is 0 Å². The summed E-state index contributed by atoms with van der Waals surface area (Å²) in [6.45, 7) is -1.59. The van der Waals surface area contributed by atoms with Gasteiger partial charge in [0.25, 0.3) is 0 Å². The molecule has 0 fully saturated rings. The molecule has 0 saturated carbocycles. The average Bonchev–Trinajstić information content (AvgIpc) is 2.16. The van der Waals surface area contributed by atoms with Gasteiger partial charge >= 0.3 is 6.18 Å². The van der Waals surface area contributed by atoms with Crippen LogP contribution in [0.4, 0.5) is 17.6 Å². The minimum Gasteiger partial charge on any atom is -0.370 e. The summed E-state index contributed by atoms with van der Waals surface area (Å²) in [5.41, 5.74) is 6.09. The minimum absolute atomic E-state index is 0.259. The van der Waals surface area contributed by atoms with Crippen LogP contribution in [-0.4, -0.2) is 19.4 Å². The molecule has 0 saturated heterocycles. The quantitative estimate of drug-likeness (QED) is 0.816. The number of hydrogen-bond acceptors (Lipinski definition) is 2. The Kier molecular flexibility index (Phi) is 4.26. The Balaban J connectivity index is 2.41. The molecule has 1 aromatic carbocycles.